The van der Waals surface area contributed by atoms with Crippen LogP contribution in [0.4, 0.5) is 4.39 Å². The molecule has 1 atom stereocenters. The van der Waals surface area contributed by atoms with Gasteiger partial charge in [0.05, 0.1) is 13.2 Å². The summed E-state index contributed by atoms with van der Waals surface area (Å²) in [5.74, 6) is -1.59. The maximum Gasteiger partial charge on any atom is 0.250 e. The number of nitrogens with two attached hydrogens (primary N) is 1. The monoisotopic (exact) mass is 302 g/mol. The Balaban J connectivity index is 2.36. The molecule has 0 bridgehead atoms. The van der Waals surface area contributed by atoms with Gasteiger partial charge in [0.1, 0.15) is 10.7 Å². The van der Waals surface area contributed by atoms with Crippen LogP contribution in [0, 0.1) is 5.82 Å². The number of rotatable bonds is 3. The van der Waals surface area contributed by atoms with Crippen molar-refractivity contribution in [2.24, 2.45) is 5.73 Å². The van der Waals surface area contributed by atoms with Gasteiger partial charge in [-0.05, 0) is 19.1 Å². The molecule has 0 radical (unpaired) electrons. The zero-order valence-corrected chi connectivity index (χ0v) is 11.7. The lowest BCUT2D eigenvalue weighted by molar-refractivity contribution is -0.148. The van der Waals surface area contributed by atoms with Crippen LogP contribution in [-0.2, 0) is 19.6 Å². The second kappa shape index (κ2) is 5.12. The molecule has 1 aliphatic rings. The molecule has 1 saturated heterocycles. The summed E-state index contributed by atoms with van der Waals surface area (Å²) in [5, 5.41) is 0. The van der Waals surface area contributed by atoms with Crippen LogP contribution >= 0.6 is 0 Å². The van der Waals surface area contributed by atoms with Crippen LogP contribution in [0.3, 0.4) is 0 Å². The number of benzene rings is 1. The lowest BCUT2D eigenvalue weighted by Gasteiger charge is -2.37. The fourth-order valence-electron chi connectivity index (χ4n) is 1.98. The molecular weight excluding hydrogens is 287 g/mol. The fourth-order valence-corrected chi connectivity index (χ4v) is 3.56. The highest BCUT2D eigenvalue weighted by Gasteiger charge is 2.42. The molecule has 1 aromatic rings. The second-order valence-electron chi connectivity index (χ2n) is 4.71. The van der Waals surface area contributed by atoms with E-state index < -0.39 is 32.2 Å². The van der Waals surface area contributed by atoms with E-state index in [4.69, 9.17) is 10.5 Å². The van der Waals surface area contributed by atoms with Crippen molar-refractivity contribution in [2.75, 3.05) is 19.7 Å². The number of ether oxygens (including phenoxy) is 1. The maximum atomic E-state index is 13.7. The van der Waals surface area contributed by atoms with Crippen LogP contribution in [0.2, 0.25) is 0 Å². The Morgan fingerprint density at radius 2 is 2.10 bits per heavy atom. The molecule has 0 aliphatic carbocycles. The Hall–Kier alpha value is -1.51. The summed E-state index contributed by atoms with van der Waals surface area (Å²) in [6.07, 6.45) is 0. The number of sulfonamides is 1. The minimum Gasteiger partial charge on any atom is -0.367 e. The average Bonchev–Trinajstić information content (AvgIpc) is 2.39. The maximum absolute atomic E-state index is 13.7. The zero-order chi connectivity index (χ0) is 15.0. The van der Waals surface area contributed by atoms with E-state index in [9.17, 15) is 17.6 Å². The van der Waals surface area contributed by atoms with Gasteiger partial charge in [0.2, 0.25) is 10.0 Å². The minimum atomic E-state index is -4.03. The normalized spacial score (nSPS) is 24.5. The third kappa shape index (κ3) is 2.54. The Bertz CT molecular complexity index is 634. The summed E-state index contributed by atoms with van der Waals surface area (Å²) in [5.41, 5.74) is 3.81. The standard InChI is InChI=1S/C12H15FN2O4S/c1-12(11(14)16)8-15(6-7-19-12)20(17,18)10-5-3-2-4-9(10)13/h2-5H,6-8H2,1H3,(H2,14,16)/t12-/m0/s1. The third-order valence-corrected chi connectivity index (χ3v) is 5.09. The first kappa shape index (κ1) is 14.9. The SMILES string of the molecule is C[C@@]1(C(N)=O)CN(S(=O)(=O)c2ccccc2F)CCO1. The number of morpholine rings is 1. The predicted octanol–water partition coefficient (Wildman–Crippen LogP) is 0.0906. The van der Waals surface area contributed by atoms with Gasteiger partial charge in [-0.25, -0.2) is 12.8 Å². The molecular formula is C12H15FN2O4S. The zero-order valence-electron chi connectivity index (χ0n) is 10.9. The number of amides is 1. The molecule has 6 nitrogen and oxygen atoms in total. The number of nitrogens with zero attached hydrogens (tertiary/aromatic N) is 1. The molecule has 20 heavy (non-hydrogen) atoms. The van der Waals surface area contributed by atoms with Gasteiger partial charge in [-0.2, -0.15) is 4.31 Å². The highest BCUT2D eigenvalue weighted by Crippen LogP contribution is 2.25. The largest absolute Gasteiger partial charge is 0.367 e. The van der Waals surface area contributed by atoms with Crippen molar-refractivity contribution < 1.29 is 22.3 Å². The number of hydrogen-bond donors (Lipinski definition) is 1. The number of primary amides is 1. The van der Waals surface area contributed by atoms with Crippen LogP contribution in [0.5, 0.6) is 0 Å². The molecule has 0 aromatic heterocycles. The molecule has 1 heterocycles. The average molecular weight is 302 g/mol. The van der Waals surface area contributed by atoms with E-state index in [2.05, 4.69) is 0 Å². The van der Waals surface area contributed by atoms with Gasteiger partial charge < -0.3 is 10.5 Å². The van der Waals surface area contributed by atoms with E-state index in [-0.39, 0.29) is 19.7 Å². The van der Waals surface area contributed by atoms with Crippen molar-refractivity contribution in [1.82, 2.24) is 4.31 Å². The van der Waals surface area contributed by atoms with Crippen molar-refractivity contribution >= 4 is 15.9 Å². The van der Waals surface area contributed by atoms with Crippen molar-refractivity contribution in [2.45, 2.75) is 17.4 Å². The van der Waals surface area contributed by atoms with E-state index >= 15 is 0 Å². The summed E-state index contributed by atoms with van der Waals surface area (Å²) in [6.45, 7) is 1.24. The van der Waals surface area contributed by atoms with Crippen LogP contribution in [-0.4, -0.2) is 43.9 Å². The second-order valence-corrected chi connectivity index (χ2v) is 6.62. The Morgan fingerprint density at radius 3 is 2.70 bits per heavy atom. The first-order chi connectivity index (χ1) is 9.27. The summed E-state index contributed by atoms with van der Waals surface area (Å²) < 4.78 is 44.7. The number of carbonyl (C=O) groups is 1. The van der Waals surface area contributed by atoms with Crippen LogP contribution in [0.15, 0.2) is 29.2 Å². The topological polar surface area (TPSA) is 89.7 Å². The number of halogens is 1. The summed E-state index contributed by atoms with van der Waals surface area (Å²) in [7, 11) is -4.03. The van der Waals surface area contributed by atoms with Crippen molar-refractivity contribution in [3.63, 3.8) is 0 Å². The first-order valence-corrected chi connectivity index (χ1v) is 7.40. The number of hydrogen-bond acceptors (Lipinski definition) is 4. The van der Waals surface area contributed by atoms with Gasteiger partial charge in [-0.1, -0.05) is 12.1 Å². The summed E-state index contributed by atoms with van der Waals surface area (Å²) in [4.78, 5) is 10.9. The smallest absolute Gasteiger partial charge is 0.250 e. The lowest BCUT2D eigenvalue weighted by Crippen LogP contribution is -2.58. The Labute approximate surface area is 116 Å². The summed E-state index contributed by atoms with van der Waals surface area (Å²) >= 11 is 0. The quantitative estimate of drug-likeness (QED) is 0.857. The molecule has 110 valence electrons. The molecule has 8 heteroatoms. The van der Waals surface area contributed by atoms with Crippen molar-refractivity contribution in [3.8, 4) is 0 Å². The van der Waals surface area contributed by atoms with E-state index in [0.29, 0.717) is 0 Å². The van der Waals surface area contributed by atoms with Gasteiger partial charge in [-0.3, -0.25) is 4.79 Å². The van der Waals surface area contributed by atoms with Gasteiger partial charge >= 0.3 is 0 Å². The van der Waals surface area contributed by atoms with Gasteiger partial charge in [-0.15, -0.1) is 0 Å². The molecule has 0 spiro atoms. The fraction of sp³-hybridized carbons (Fsp3) is 0.417. The number of carbonyl (C=O) groups excluding carboxylic acids is 1. The first-order valence-electron chi connectivity index (χ1n) is 5.96. The molecule has 1 aliphatic heterocycles. The molecule has 1 aromatic carbocycles. The third-order valence-electron chi connectivity index (χ3n) is 3.22. The van der Waals surface area contributed by atoms with E-state index in [1.54, 1.807) is 0 Å². The molecule has 1 amide bonds. The minimum absolute atomic E-state index is 0.0210. The Morgan fingerprint density at radius 1 is 1.45 bits per heavy atom. The van der Waals surface area contributed by atoms with Crippen LogP contribution in [0.25, 0.3) is 0 Å². The lowest BCUT2D eigenvalue weighted by atomic mass is 10.1. The van der Waals surface area contributed by atoms with Crippen molar-refractivity contribution in [3.05, 3.63) is 30.1 Å². The van der Waals surface area contributed by atoms with E-state index in [1.165, 1.54) is 25.1 Å². The molecule has 2 N–H and O–H groups in total. The van der Waals surface area contributed by atoms with Gasteiger partial charge in [0, 0.05) is 6.54 Å². The van der Waals surface area contributed by atoms with Crippen molar-refractivity contribution in [1.29, 1.82) is 0 Å². The molecule has 2 rings (SSSR count). The summed E-state index contributed by atoms with van der Waals surface area (Å²) in [6, 6.07) is 5.09. The van der Waals surface area contributed by atoms with Crippen LogP contribution in [0.1, 0.15) is 6.92 Å². The molecule has 0 unspecified atom stereocenters. The highest BCUT2D eigenvalue weighted by molar-refractivity contribution is 7.89. The highest BCUT2D eigenvalue weighted by atomic mass is 32.2. The van der Waals surface area contributed by atoms with E-state index in [0.717, 1.165) is 10.4 Å². The van der Waals surface area contributed by atoms with Gasteiger partial charge in [0.15, 0.2) is 5.60 Å². The molecule has 0 saturated carbocycles. The predicted molar refractivity (Wildman–Crippen MR) is 68.7 cm³/mol. The van der Waals surface area contributed by atoms with E-state index in [1.807, 2.05) is 0 Å². The van der Waals surface area contributed by atoms with Gasteiger partial charge in [0.25, 0.3) is 5.91 Å². The Kier molecular flexibility index (Phi) is 3.81. The van der Waals surface area contributed by atoms with Crippen LogP contribution < -0.4 is 5.73 Å². The molecule has 1 fully saturated rings.